The molecular formula is C12H18N2O4S. The Kier molecular flexibility index (Phi) is 4.09. The number of anilines is 1. The molecule has 0 heterocycles. The van der Waals surface area contributed by atoms with Crippen molar-refractivity contribution in [2.75, 3.05) is 12.0 Å². The van der Waals surface area contributed by atoms with Gasteiger partial charge in [-0.2, -0.15) is 0 Å². The Balaban J connectivity index is 2.90. The predicted octanol–water partition coefficient (Wildman–Crippen LogP) is 1.56. The highest BCUT2D eigenvalue weighted by molar-refractivity contribution is 7.90. The van der Waals surface area contributed by atoms with E-state index in [-0.39, 0.29) is 16.3 Å². The van der Waals surface area contributed by atoms with Gasteiger partial charge in [-0.25, -0.2) is 13.2 Å². The monoisotopic (exact) mass is 286 g/mol. The Bertz CT molecular complexity index is 588. The second kappa shape index (κ2) is 5.08. The van der Waals surface area contributed by atoms with Crippen LogP contribution >= 0.6 is 0 Å². The van der Waals surface area contributed by atoms with Gasteiger partial charge < -0.3 is 15.8 Å². The SMILES string of the molecule is CC(C)(C)NC(=O)Oc1ccc(S(C)(=O)=O)cc1N. The average Bonchev–Trinajstić information content (AvgIpc) is 2.16. The lowest BCUT2D eigenvalue weighted by Gasteiger charge is -2.20. The number of nitrogens with two attached hydrogens (primary N) is 1. The molecule has 0 aliphatic carbocycles. The number of sulfone groups is 1. The summed E-state index contributed by atoms with van der Waals surface area (Å²) in [6.45, 7) is 5.43. The van der Waals surface area contributed by atoms with Crippen molar-refractivity contribution < 1.29 is 17.9 Å². The first-order chi connectivity index (χ1) is 8.49. The summed E-state index contributed by atoms with van der Waals surface area (Å²) in [5.41, 5.74) is 5.32. The molecule has 0 radical (unpaired) electrons. The molecule has 19 heavy (non-hydrogen) atoms. The van der Waals surface area contributed by atoms with Crippen LogP contribution in [0.5, 0.6) is 5.75 Å². The lowest BCUT2D eigenvalue weighted by atomic mass is 10.1. The molecule has 0 spiro atoms. The number of ether oxygens (including phenoxy) is 1. The fraction of sp³-hybridized carbons (Fsp3) is 0.417. The van der Waals surface area contributed by atoms with Crippen LogP contribution in [0.25, 0.3) is 0 Å². The number of nitrogens with one attached hydrogen (secondary N) is 1. The highest BCUT2D eigenvalue weighted by Crippen LogP contribution is 2.25. The minimum atomic E-state index is -3.34. The largest absolute Gasteiger partial charge is 0.413 e. The summed E-state index contributed by atoms with van der Waals surface area (Å²) in [6.07, 6.45) is 0.431. The zero-order chi connectivity index (χ0) is 14.8. The molecule has 7 heteroatoms. The van der Waals surface area contributed by atoms with E-state index in [4.69, 9.17) is 10.5 Å². The normalized spacial score (nSPS) is 12.0. The third-order valence-corrected chi connectivity index (χ3v) is 3.20. The van der Waals surface area contributed by atoms with Crippen molar-refractivity contribution in [2.45, 2.75) is 31.2 Å². The fourth-order valence-electron chi connectivity index (χ4n) is 1.28. The molecule has 0 fully saturated rings. The van der Waals surface area contributed by atoms with Crippen LogP contribution in [-0.2, 0) is 9.84 Å². The molecule has 0 saturated heterocycles. The molecule has 1 aromatic carbocycles. The number of amides is 1. The van der Waals surface area contributed by atoms with E-state index in [1.807, 2.05) is 20.8 Å². The number of hydrogen-bond donors (Lipinski definition) is 2. The second-order valence-corrected chi connectivity index (χ2v) is 7.25. The van der Waals surface area contributed by atoms with E-state index in [2.05, 4.69) is 5.32 Å². The Hall–Kier alpha value is -1.76. The summed E-state index contributed by atoms with van der Waals surface area (Å²) in [7, 11) is -3.34. The Labute approximate surface area is 112 Å². The van der Waals surface area contributed by atoms with E-state index >= 15 is 0 Å². The van der Waals surface area contributed by atoms with Gasteiger partial charge >= 0.3 is 6.09 Å². The van der Waals surface area contributed by atoms with E-state index < -0.39 is 21.5 Å². The van der Waals surface area contributed by atoms with Crippen LogP contribution in [0.2, 0.25) is 0 Å². The van der Waals surface area contributed by atoms with Gasteiger partial charge in [0, 0.05) is 11.8 Å². The van der Waals surface area contributed by atoms with Crippen LogP contribution in [0.3, 0.4) is 0 Å². The molecule has 6 nitrogen and oxygen atoms in total. The molecule has 0 unspecified atom stereocenters. The van der Waals surface area contributed by atoms with Crippen molar-refractivity contribution in [2.24, 2.45) is 0 Å². The molecule has 0 aliphatic heterocycles. The summed E-state index contributed by atoms with van der Waals surface area (Å²) in [4.78, 5) is 11.6. The molecule has 1 rings (SSSR count). The van der Waals surface area contributed by atoms with Crippen molar-refractivity contribution in [3.05, 3.63) is 18.2 Å². The van der Waals surface area contributed by atoms with Gasteiger partial charge in [0.05, 0.1) is 10.6 Å². The van der Waals surface area contributed by atoms with Crippen molar-refractivity contribution >= 4 is 21.6 Å². The molecule has 1 amide bonds. The van der Waals surface area contributed by atoms with Crippen LogP contribution < -0.4 is 15.8 Å². The van der Waals surface area contributed by atoms with E-state index in [1.54, 1.807) is 0 Å². The van der Waals surface area contributed by atoms with Crippen LogP contribution in [0, 0.1) is 0 Å². The van der Waals surface area contributed by atoms with E-state index in [1.165, 1.54) is 18.2 Å². The Morgan fingerprint density at radius 1 is 1.32 bits per heavy atom. The summed E-state index contributed by atoms with van der Waals surface area (Å²) in [5, 5.41) is 2.60. The molecule has 0 saturated carbocycles. The molecule has 0 atom stereocenters. The zero-order valence-corrected chi connectivity index (χ0v) is 12.2. The summed E-state index contributed by atoms with van der Waals surface area (Å²) in [6, 6.07) is 3.95. The molecule has 3 N–H and O–H groups in total. The number of rotatable bonds is 2. The summed E-state index contributed by atoms with van der Waals surface area (Å²) < 4.78 is 27.7. The maximum Gasteiger partial charge on any atom is 0.413 e. The number of hydrogen-bond acceptors (Lipinski definition) is 5. The first-order valence-electron chi connectivity index (χ1n) is 5.58. The van der Waals surface area contributed by atoms with Gasteiger partial charge in [-0.1, -0.05) is 0 Å². The third-order valence-electron chi connectivity index (χ3n) is 2.09. The van der Waals surface area contributed by atoms with Gasteiger partial charge in [-0.15, -0.1) is 0 Å². The quantitative estimate of drug-likeness (QED) is 0.804. The topological polar surface area (TPSA) is 98.5 Å². The highest BCUT2D eigenvalue weighted by Gasteiger charge is 2.17. The first kappa shape index (κ1) is 15.3. The van der Waals surface area contributed by atoms with Gasteiger partial charge in [0.15, 0.2) is 15.6 Å². The number of nitrogen functional groups attached to an aromatic ring is 1. The molecule has 0 aliphatic rings. The van der Waals surface area contributed by atoms with E-state index in [0.29, 0.717) is 0 Å². The Morgan fingerprint density at radius 2 is 1.89 bits per heavy atom. The fourth-order valence-corrected chi connectivity index (χ4v) is 1.94. The maximum atomic E-state index is 11.6. The highest BCUT2D eigenvalue weighted by atomic mass is 32.2. The summed E-state index contributed by atoms with van der Waals surface area (Å²) in [5.74, 6) is 0.120. The average molecular weight is 286 g/mol. The standard InChI is InChI=1S/C12H18N2O4S/c1-12(2,3)14-11(15)18-10-6-5-8(7-9(10)13)19(4,16)17/h5-7H,13H2,1-4H3,(H,14,15). The van der Waals surface area contributed by atoms with Crippen molar-refractivity contribution in [3.8, 4) is 5.75 Å². The molecule has 106 valence electrons. The smallest absolute Gasteiger partial charge is 0.408 e. The molecular weight excluding hydrogens is 268 g/mol. The maximum absolute atomic E-state index is 11.6. The van der Waals surface area contributed by atoms with Crippen molar-refractivity contribution in [1.82, 2.24) is 5.32 Å². The Morgan fingerprint density at radius 3 is 2.32 bits per heavy atom. The molecule has 0 bridgehead atoms. The lowest BCUT2D eigenvalue weighted by Crippen LogP contribution is -2.42. The van der Waals surface area contributed by atoms with Gasteiger partial charge in [-0.3, -0.25) is 0 Å². The van der Waals surface area contributed by atoms with E-state index in [0.717, 1.165) is 6.26 Å². The number of benzene rings is 1. The van der Waals surface area contributed by atoms with Crippen LogP contribution in [0.15, 0.2) is 23.1 Å². The van der Waals surface area contributed by atoms with Crippen LogP contribution in [0.1, 0.15) is 20.8 Å². The second-order valence-electron chi connectivity index (χ2n) is 5.24. The van der Waals surface area contributed by atoms with Crippen LogP contribution in [-0.4, -0.2) is 26.3 Å². The minimum absolute atomic E-state index is 0.0774. The molecule has 0 aromatic heterocycles. The van der Waals surface area contributed by atoms with Gasteiger partial charge in [0.1, 0.15) is 0 Å². The lowest BCUT2D eigenvalue weighted by molar-refractivity contribution is 0.191. The third kappa shape index (κ3) is 4.78. The van der Waals surface area contributed by atoms with E-state index in [9.17, 15) is 13.2 Å². The first-order valence-corrected chi connectivity index (χ1v) is 7.48. The van der Waals surface area contributed by atoms with Crippen molar-refractivity contribution in [3.63, 3.8) is 0 Å². The van der Waals surface area contributed by atoms with Gasteiger partial charge in [0.2, 0.25) is 0 Å². The molecule has 1 aromatic rings. The minimum Gasteiger partial charge on any atom is -0.408 e. The number of carbonyl (C=O) groups excluding carboxylic acids is 1. The summed E-state index contributed by atoms with van der Waals surface area (Å²) >= 11 is 0. The van der Waals surface area contributed by atoms with Gasteiger partial charge in [0.25, 0.3) is 0 Å². The predicted molar refractivity (Wildman–Crippen MR) is 72.9 cm³/mol. The van der Waals surface area contributed by atoms with Crippen LogP contribution in [0.4, 0.5) is 10.5 Å². The zero-order valence-electron chi connectivity index (χ0n) is 11.4. The number of carbonyl (C=O) groups is 1. The van der Waals surface area contributed by atoms with Gasteiger partial charge in [-0.05, 0) is 39.0 Å². The van der Waals surface area contributed by atoms with Crippen molar-refractivity contribution in [1.29, 1.82) is 0 Å².